The molecule has 0 bridgehead atoms. The molecule has 26 heavy (non-hydrogen) atoms. The molecule has 0 heterocycles. The van der Waals surface area contributed by atoms with E-state index in [1.165, 1.54) is 38.5 Å². The zero-order valence-electron chi connectivity index (χ0n) is 15.2. The third-order valence-electron chi connectivity index (χ3n) is 5.00. The summed E-state index contributed by atoms with van der Waals surface area (Å²) in [5, 5.41) is 3.63. The van der Waals surface area contributed by atoms with E-state index in [-0.39, 0.29) is 0 Å². The van der Waals surface area contributed by atoms with Gasteiger partial charge in [0.2, 0.25) is 5.91 Å². The number of primary amides is 1. The number of amides is 1. The fourth-order valence-corrected chi connectivity index (χ4v) is 3.51. The van der Waals surface area contributed by atoms with Gasteiger partial charge >= 0.3 is 0 Å². The van der Waals surface area contributed by atoms with Gasteiger partial charge in [0.1, 0.15) is 12.4 Å². The molecule has 2 aromatic carbocycles. The molecule has 4 nitrogen and oxygen atoms in total. The van der Waals surface area contributed by atoms with Crippen molar-refractivity contribution in [3.8, 4) is 16.9 Å². The largest absolute Gasteiger partial charge is 0.492 e. The molecule has 3 N–H and O–H groups in total. The molecule has 1 saturated carbocycles. The van der Waals surface area contributed by atoms with Crippen LogP contribution in [0.5, 0.6) is 5.75 Å². The number of hydrogen-bond donors (Lipinski definition) is 2. The van der Waals surface area contributed by atoms with Crippen molar-refractivity contribution in [2.24, 2.45) is 5.73 Å². The molecule has 0 radical (unpaired) electrons. The van der Waals surface area contributed by atoms with Crippen LogP contribution in [0.4, 0.5) is 0 Å². The maximum Gasteiger partial charge on any atom is 0.248 e. The number of rotatable bonds is 7. The van der Waals surface area contributed by atoms with Crippen LogP contribution in [0.3, 0.4) is 0 Å². The zero-order chi connectivity index (χ0) is 18.2. The minimum atomic E-state index is -0.408. The van der Waals surface area contributed by atoms with Crippen molar-refractivity contribution in [3.05, 3.63) is 54.1 Å². The molecule has 2 aromatic rings. The third-order valence-corrected chi connectivity index (χ3v) is 5.00. The lowest BCUT2D eigenvalue weighted by atomic mass is 10.0. The second-order valence-electron chi connectivity index (χ2n) is 6.96. The number of hydrogen-bond acceptors (Lipinski definition) is 3. The summed E-state index contributed by atoms with van der Waals surface area (Å²) in [6.45, 7) is 1.54. The van der Waals surface area contributed by atoms with Gasteiger partial charge in [0.15, 0.2) is 0 Å². The summed E-state index contributed by atoms with van der Waals surface area (Å²) in [6, 6.07) is 16.0. The SMILES string of the molecule is NC(=O)c1ccc(-c2cccc(OCCNC3CCCCCC3)c2)cc1. The molecule has 1 aliphatic carbocycles. The van der Waals surface area contributed by atoms with Crippen LogP contribution in [-0.4, -0.2) is 25.1 Å². The topological polar surface area (TPSA) is 64.4 Å². The highest BCUT2D eigenvalue weighted by Crippen LogP contribution is 2.24. The monoisotopic (exact) mass is 352 g/mol. The molecule has 3 rings (SSSR count). The smallest absolute Gasteiger partial charge is 0.248 e. The Hall–Kier alpha value is -2.33. The van der Waals surface area contributed by atoms with E-state index in [4.69, 9.17) is 10.5 Å². The van der Waals surface area contributed by atoms with Gasteiger partial charge in [-0.25, -0.2) is 0 Å². The Balaban J connectivity index is 1.51. The van der Waals surface area contributed by atoms with Gasteiger partial charge in [-0.3, -0.25) is 4.79 Å². The maximum atomic E-state index is 11.2. The molecule has 0 aliphatic heterocycles. The maximum absolute atomic E-state index is 11.2. The summed E-state index contributed by atoms with van der Waals surface area (Å²) < 4.78 is 5.92. The van der Waals surface area contributed by atoms with Crippen LogP contribution in [-0.2, 0) is 0 Å². The number of carbonyl (C=O) groups excluding carboxylic acids is 1. The quantitative estimate of drug-likeness (QED) is 0.581. The van der Waals surface area contributed by atoms with Crippen LogP contribution in [0.1, 0.15) is 48.9 Å². The normalized spacial score (nSPS) is 15.4. The van der Waals surface area contributed by atoms with Gasteiger partial charge < -0.3 is 15.8 Å². The summed E-state index contributed by atoms with van der Waals surface area (Å²) in [7, 11) is 0. The lowest BCUT2D eigenvalue weighted by Gasteiger charge is -2.16. The van der Waals surface area contributed by atoms with Crippen LogP contribution < -0.4 is 15.8 Å². The van der Waals surface area contributed by atoms with Gasteiger partial charge in [-0.15, -0.1) is 0 Å². The first-order chi connectivity index (χ1) is 12.7. The van der Waals surface area contributed by atoms with Gasteiger partial charge in [0.25, 0.3) is 0 Å². The number of ether oxygens (including phenoxy) is 1. The number of benzene rings is 2. The van der Waals surface area contributed by atoms with E-state index in [0.29, 0.717) is 18.2 Å². The van der Waals surface area contributed by atoms with Crippen LogP contribution in [0.2, 0.25) is 0 Å². The summed E-state index contributed by atoms with van der Waals surface area (Å²) in [6.07, 6.45) is 8.02. The Morgan fingerprint density at radius 3 is 2.42 bits per heavy atom. The van der Waals surface area contributed by atoms with E-state index in [1.54, 1.807) is 12.1 Å². The van der Waals surface area contributed by atoms with Crippen molar-refractivity contribution in [3.63, 3.8) is 0 Å². The molecule has 138 valence electrons. The van der Waals surface area contributed by atoms with Crippen molar-refractivity contribution < 1.29 is 9.53 Å². The Kier molecular flexibility index (Phi) is 6.67. The van der Waals surface area contributed by atoms with Crippen LogP contribution in [0.25, 0.3) is 11.1 Å². The first kappa shape index (κ1) is 18.5. The molecule has 0 spiro atoms. The van der Waals surface area contributed by atoms with E-state index < -0.39 is 5.91 Å². The lowest BCUT2D eigenvalue weighted by Crippen LogP contribution is -2.32. The predicted molar refractivity (Wildman–Crippen MR) is 105 cm³/mol. The molecule has 4 heteroatoms. The van der Waals surface area contributed by atoms with E-state index in [0.717, 1.165) is 23.4 Å². The lowest BCUT2D eigenvalue weighted by molar-refractivity contribution is 0.100. The van der Waals surface area contributed by atoms with Gasteiger partial charge in [-0.1, -0.05) is 49.9 Å². The van der Waals surface area contributed by atoms with E-state index in [9.17, 15) is 4.79 Å². The van der Waals surface area contributed by atoms with E-state index in [1.807, 2.05) is 36.4 Å². The first-order valence-electron chi connectivity index (χ1n) is 9.59. The highest BCUT2D eigenvalue weighted by Gasteiger charge is 2.11. The molecule has 0 saturated heterocycles. The summed E-state index contributed by atoms with van der Waals surface area (Å²) >= 11 is 0. The zero-order valence-corrected chi connectivity index (χ0v) is 15.2. The Morgan fingerprint density at radius 1 is 1.00 bits per heavy atom. The average molecular weight is 352 g/mol. The predicted octanol–water partition coefficient (Wildman–Crippen LogP) is 4.14. The highest BCUT2D eigenvalue weighted by atomic mass is 16.5. The van der Waals surface area contributed by atoms with Crippen molar-refractivity contribution in [2.45, 2.75) is 44.6 Å². The van der Waals surface area contributed by atoms with Crippen LogP contribution in [0.15, 0.2) is 48.5 Å². The van der Waals surface area contributed by atoms with Gasteiger partial charge in [0, 0.05) is 18.2 Å². The average Bonchev–Trinajstić information content (AvgIpc) is 2.94. The molecule has 0 aromatic heterocycles. The number of carbonyl (C=O) groups is 1. The fourth-order valence-electron chi connectivity index (χ4n) is 3.51. The first-order valence-corrected chi connectivity index (χ1v) is 9.59. The molecule has 1 aliphatic rings. The van der Waals surface area contributed by atoms with Crippen molar-refractivity contribution in [1.82, 2.24) is 5.32 Å². The van der Waals surface area contributed by atoms with Crippen LogP contribution in [0, 0.1) is 0 Å². The molecule has 1 fully saturated rings. The fraction of sp³-hybridized carbons (Fsp3) is 0.409. The summed E-state index contributed by atoms with van der Waals surface area (Å²) in [4.78, 5) is 11.2. The minimum absolute atomic E-state index is 0.408. The second kappa shape index (κ2) is 9.39. The molecule has 0 atom stereocenters. The summed E-state index contributed by atoms with van der Waals surface area (Å²) in [5.74, 6) is 0.457. The van der Waals surface area contributed by atoms with Gasteiger partial charge in [0.05, 0.1) is 0 Å². The van der Waals surface area contributed by atoms with Crippen molar-refractivity contribution >= 4 is 5.91 Å². The summed E-state index contributed by atoms with van der Waals surface area (Å²) in [5.41, 5.74) is 7.92. The van der Waals surface area contributed by atoms with E-state index >= 15 is 0 Å². The highest BCUT2D eigenvalue weighted by molar-refractivity contribution is 5.93. The number of nitrogens with two attached hydrogens (primary N) is 1. The number of nitrogens with one attached hydrogen (secondary N) is 1. The standard InChI is InChI=1S/C22H28N2O2/c23-22(25)18-12-10-17(11-13-18)19-6-5-9-21(16-19)26-15-14-24-20-7-3-1-2-4-8-20/h5-6,9-13,16,20,24H,1-4,7-8,14-15H2,(H2,23,25). The van der Waals surface area contributed by atoms with Gasteiger partial charge in [-0.2, -0.15) is 0 Å². The third kappa shape index (κ3) is 5.33. The Labute approximate surface area is 155 Å². The second-order valence-corrected chi connectivity index (χ2v) is 6.96. The van der Waals surface area contributed by atoms with Crippen molar-refractivity contribution in [1.29, 1.82) is 0 Å². The Morgan fingerprint density at radius 2 is 1.73 bits per heavy atom. The van der Waals surface area contributed by atoms with E-state index in [2.05, 4.69) is 5.32 Å². The molecule has 1 amide bonds. The molecule has 0 unspecified atom stereocenters. The van der Waals surface area contributed by atoms with Gasteiger partial charge in [-0.05, 0) is 48.2 Å². The Bertz CT molecular complexity index is 704. The van der Waals surface area contributed by atoms with Crippen LogP contribution >= 0.6 is 0 Å². The van der Waals surface area contributed by atoms with Crippen molar-refractivity contribution in [2.75, 3.05) is 13.2 Å². The molecular weight excluding hydrogens is 324 g/mol. The molecular formula is C22H28N2O2. The minimum Gasteiger partial charge on any atom is -0.492 e.